The standard InChI is InChI=1S/C12H16BrN/c13-12-3-1-2-10-8-9(6-7-14)4-5-11(10)12/h1-3,9H,4-8,14H2. The van der Waals surface area contributed by atoms with Gasteiger partial charge in [0.15, 0.2) is 0 Å². The van der Waals surface area contributed by atoms with Crippen molar-refractivity contribution in [1.82, 2.24) is 0 Å². The zero-order valence-corrected chi connectivity index (χ0v) is 9.89. The zero-order valence-electron chi connectivity index (χ0n) is 8.30. The molecule has 2 rings (SSSR count). The predicted molar refractivity (Wildman–Crippen MR) is 63.3 cm³/mol. The number of fused-ring (bicyclic) bond motifs is 1. The van der Waals surface area contributed by atoms with Crippen molar-refractivity contribution in [3.8, 4) is 0 Å². The summed E-state index contributed by atoms with van der Waals surface area (Å²) in [5, 5.41) is 0. The van der Waals surface area contributed by atoms with Crippen LogP contribution < -0.4 is 5.73 Å². The molecule has 1 aliphatic rings. The second-order valence-corrected chi connectivity index (χ2v) is 4.92. The van der Waals surface area contributed by atoms with Crippen LogP contribution in [0.2, 0.25) is 0 Å². The molecule has 76 valence electrons. The Morgan fingerprint density at radius 2 is 2.29 bits per heavy atom. The summed E-state index contributed by atoms with van der Waals surface area (Å²) in [4.78, 5) is 0. The lowest BCUT2D eigenvalue weighted by Crippen LogP contribution is -2.17. The first-order chi connectivity index (χ1) is 6.81. The van der Waals surface area contributed by atoms with Crippen molar-refractivity contribution < 1.29 is 0 Å². The van der Waals surface area contributed by atoms with Gasteiger partial charge >= 0.3 is 0 Å². The van der Waals surface area contributed by atoms with Gasteiger partial charge in [-0.05, 0) is 55.3 Å². The number of hydrogen-bond acceptors (Lipinski definition) is 1. The minimum absolute atomic E-state index is 0.807. The van der Waals surface area contributed by atoms with Gasteiger partial charge in [0, 0.05) is 4.47 Å². The van der Waals surface area contributed by atoms with Crippen LogP contribution in [0.5, 0.6) is 0 Å². The lowest BCUT2D eigenvalue weighted by Gasteiger charge is -2.24. The smallest absolute Gasteiger partial charge is 0.0210 e. The highest BCUT2D eigenvalue weighted by atomic mass is 79.9. The van der Waals surface area contributed by atoms with Crippen molar-refractivity contribution in [3.05, 3.63) is 33.8 Å². The third-order valence-corrected chi connectivity index (χ3v) is 3.84. The molecule has 2 heteroatoms. The lowest BCUT2D eigenvalue weighted by molar-refractivity contribution is 0.432. The van der Waals surface area contributed by atoms with E-state index in [4.69, 9.17) is 5.73 Å². The average molecular weight is 254 g/mol. The maximum atomic E-state index is 5.60. The summed E-state index contributed by atoms with van der Waals surface area (Å²) < 4.78 is 1.28. The van der Waals surface area contributed by atoms with Crippen molar-refractivity contribution in [2.24, 2.45) is 11.7 Å². The van der Waals surface area contributed by atoms with Crippen molar-refractivity contribution in [3.63, 3.8) is 0 Å². The van der Waals surface area contributed by atoms with Crippen molar-refractivity contribution >= 4 is 15.9 Å². The van der Waals surface area contributed by atoms with Crippen molar-refractivity contribution in [2.45, 2.75) is 25.7 Å². The van der Waals surface area contributed by atoms with Gasteiger partial charge in [-0.3, -0.25) is 0 Å². The molecule has 0 spiro atoms. The minimum atomic E-state index is 0.807. The highest BCUT2D eigenvalue weighted by Gasteiger charge is 2.19. The van der Waals surface area contributed by atoms with E-state index in [1.807, 2.05) is 0 Å². The molecule has 1 aromatic rings. The summed E-state index contributed by atoms with van der Waals surface area (Å²) >= 11 is 3.62. The highest BCUT2D eigenvalue weighted by Crippen LogP contribution is 2.31. The molecule has 0 amide bonds. The summed E-state index contributed by atoms with van der Waals surface area (Å²) in [7, 11) is 0. The Morgan fingerprint density at radius 3 is 3.07 bits per heavy atom. The highest BCUT2D eigenvalue weighted by molar-refractivity contribution is 9.10. The van der Waals surface area contributed by atoms with E-state index in [2.05, 4.69) is 34.1 Å². The molecule has 1 aliphatic carbocycles. The largest absolute Gasteiger partial charge is 0.330 e. The molecule has 0 fully saturated rings. The lowest BCUT2D eigenvalue weighted by atomic mass is 9.82. The van der Waals surface area contributed by atoms with E-state index in [1.54, 1.807) is 0 Å². The van der Waals surface area contributed by atoms with Crippen LogP contribution in [0, 0.1) is 5.92 Å². The van der Waals surface area contributed by atoms with Crippen LogP contribution in [0.15, 0.2) is 22.7 Å². The summed E-state index contributed by atoms with van der Waals surface area (Å²) in [6.07, 6.45) is 4.90. The first-order valence-corrected chi connectivity index (χ1v) is 6.07. The fourth-order valence-electron chi connectivity index (χ4n) is 2.32. The molecule has 0 radical (unpaired) electrons. The Bertz CT molecular complexity index is 322. The van der Waals surface area contributed by atoms with Crippen LogP contribution in [-0.2, 0) is 12.8 Å². The number of halogens is 1. The maximum Gasteiger partial charge on any atom is 0.0210 e. The average Bonchev–Trinajstić information content (AvgIpc) is 2.18. The van der Waals surface area contributed by atoms with Crippen molar-refractivity contribution in [2.75, 3.05) is 6.54 Å². The van der Waals surface area contributed by atoms with E-state index in [9.17, 15) is 0 Å². The van der Waals surface area contributed by atoms with Crippen LogP contribution in [0.3, 0.4) is 0 Å². The first kappa shape index (κ1) is 10.2. The van der Waals surface area contributed by atoms with E-state index in [0.717, 1.165) is 12.5 Å². The molecule has 0 aromatic heterocycles. The van der Waals surface area contributed by atoms with Gasteiger partial charge in [0.05, 0.1) is 0 Å². The molecule has 0 heterocycles. The Morgan fingerprint density at radius 1 is 1.43 bits per heavy atom. The fourth-order valence-corrected chi connectivity index (χ4v) is 2.92. The van der Waals surface area contributed by atoms with Crippen LogP contribution in [0.25, 0.3) is 0 Å². The van der Waals surface area contributed by atoms with Gasteiger partial charge in [0.1, 0.15) is 0 Å². The zero-order chi connectivity index (χ0) is 9.97. The van der Waals surface area contributed by atoms with Gasteiger partial charge in [0.25, 0.3) is 0 Å². The van der Waals surface area contributed by atoms with Gasteiger partial charge in [0.2, 0.25) is 0 Å². The third-order valence-electron chi connectivity index (χ3n) is 3.10. The minimum Gasteiger partial charge on any atom is -0.330 e. The Labute approximate surface area is 93.8 Å². The quantitative estimate of drug-likeness (QED) is 0.862. The summed E-state index contributed by atoms with van der Waals surface area (Å²) in [5.74, 6) is 0.807. The predicted octanol–water partition coefficient (Wildman–Crippen LogP) is 2.90. The first-order valence-electron chi connectivity index (χ1n) is 5.27. The molecule has 1 unspecified atom stereocenters. The Hall–Kier alpha value is -0.340. The second kappa shape index (κ2) is 4.45. The second-order valence-electron chi connectivity index (χ2n) is 4.06. The van der Waals surface area contributed by atoms with Gasteiger partial charge < -0.3 is 5.73 Å². The van der Waals surface area contributed by atoms with Gasteiger partial charge in [-0.2, -0.15) is 0 Å². The van der Waals surface area contributed by atoms with Crippen LogP contribution in [-0.4, -0.2) is 6.54 Å². The maximum absolute atomic E-state index is 5.60. The van der Waals surface area contributed by atoms with Crippen LogP contribution in [0.1, 0.15) is 24.0 Å². The fraction of sp³-hybridized carbons (Fsp3) is 0.500. The molecular formula is C12H16BrN. The monoisotopic (exact) mass is 253 g/mol. The Kier molecular flexibility index (Phi) is 3.24. The third kappa shape index (κ3) is 2.01. The molecular weight excluding hydrogens is 238 g/mol. The molecule has 0 saturated heterocycles. The summed E-state index contributed by atoms with van der Waals surface area (Å²) in [5.41, 5.74) is 8.63. The van der Waals surface area contributed by atoms with Gasteiger partial charge in [-0.1, -0.05) is 28.1 Å². The molecule has 2 N–H and O–H groups in total. The van der Waals surface area contributed by atoms with E-state index in [1.165, 1.54) is 41.3 Å². The number of hydrogen-bond donors (Lipinski definition) is 1. The van der Waals surface area contributed by atoms with Crippen LogP contribution >= 0.6 is 15.9 Å². The molecule has 1 aromatic carbocycles. The van der Waals surface area contributed by atoms with Gasteiger partial charge in [-0.15, -0.1) is 0 Å². The van der Waals surface area contributed by atoms with Crippen molar-refractivity contribution in [1.29, 1.82) is 0 Å². The normalized spacial score (nSPS) is 20.6. The molecule has 0 bridgehead atoms. The summed E-state index contributed by atoms with van der Waals surface area (Å²) in [6, 6.07) is 6.53. The molecule has 1 nitrogen and oxygen atoms in total. The SMILES string of the molecule is NCCC1CCc2c(Br)cccc2C1. The van der Waals surface area contributed by atoms with E-state index in [-0.39, 0.29) is 0 Å². The molecule has 0 saturated carbocycles. The molecule has 1 atom stereocenters. The van der Waals surface area contributed by atoms with E-state index < -0.39 is 0 Å². The topological polar surface area (TPSA) is 26.0 Å². The van der Waals surface area contributed by atoms with E-state index >= 15 is 0 Å². The van der Waals surface area contributed by atoms with E-state index in [0.29, 0.717) is 0 Å². The number of rotatable bonds is 2. The Balaban J connectivity index is 2.18. The summed E-state index contributed by atoms with van der Waals surface area (Å²) in [6.45, 7) is 0.827. The number of nitrogens with two attached hydrogens (primary N) is 1. The van der Waals surface area contributed by atoms with Gasteiger partial charge in [-0.25, -0.2) is 0 Å². The van der Waals surface area contributed by atoms with Crippen LogP contribution in [0.4, 0.5) is 0 Å². The molecule has 14 heavy (non-hydrogen) atoms. The number of benzene rings is 1. The molecule has 0 aliphatic heterocycles.